The second kappa shape index (κ2) is 13.7. The summed E-state index contributed by atoms with van der Waals surface area (Å²) in [6.45, 7) is 0. The first kappa shape index (κ1) is 35.1. The van der Waals surface area contributed by atoms with Crippen LogP contribution in [-0.2, 0) is 5.41 Å². The lowest BCUT2D eigenvalue weighted by Gasteiger charge is -2.61. The highest BCUT2D eigenvalue weighted by atomic mass is 15.1. The zero-order valence-corrected chi connectivity index (χ0v) is 34.3. The first-order valence-electron chi connectivity index (χ1n) is 22.5. The van der Waals surface area contributed by atoms with Crippen molar-refractivity contribution in [2.24, 2.45) is 23.7 Å². The van der Waals surface area contributed by atoms with Crippen LogP contribution >= 0.6 is 0 Å². The maximum atomic E-state index is 2.71. The van der Waals surface area contributed by atoms with Crippen LogP contribution in [0.1, 0.15) is 43.2 Å². The first-order valence-corrected chi connectivity index (χ1v) is 22.5. The number of rotatable bonds is 6. The Morgan fingerprint density at radius 1 is 0.361 bits per heavy atom. The van der Waals surface area contributed by atoms with E-state index in [1.54, 1.807) is 11.1 Å². The molecule has 9 aromatic carbocycles. The van der Waals surface area contributed by atoms with Gasteiger partial charge >= 0.3 is 0 Å². The fourth-order valence-electron chi connectivity index (χ4n) is 13.2. The van der Waals surface area contributed by atoms with Crippen LogP contribution in [-0.4, -0.2) is 0 Å². The summed E-state index contributed by atoms with van der Waals surface area (Å²) in [5, 5.41) is 5.12. The number of hydrogen-bond donors (Lipinski definition) is 0. The largest absolute Gasteiger partial charge is 0.310 e. The first-order chi connectivity index (χ1) is 30.2. The Morgan fingerprint density at radius 2 is 0.836 bits per heavy atom. The predicted molar refractivity (Wildman–Crippen MR) is 256 cm³/mol. The fraction of sp³-hybridized carbons (Fsp3) is 0.167. The van der Waals surface area contributed by atoms with Crippen LogP contribution in [0.3, 0.4) is 0 Å². The van der Waals surface area contributed by atoms with Crippen LogP contribution in [0.4, 0.5) is 17.1 Å². The predicted octanol–water partition coefficient (Wildman–Crippen LogP) is 16.2. The van der Waals surface area contributed by atoms with Gasteiger partial charge in [-0.1, -0.05) is 158 Å². The zero-order valence-electron chi connectivity index (χ0n) is 34.3. The Bertz CT molecular complexity index is 2960. The molecule has 292 valence electrons. The molecule has 1 spiro atoms. The van der Waals surface area contributed by atoms with E-state index in [1.807, 2.05) is 0 Å². The van der Waals surface area contributed by atoms with Crippen LogP contribution in [0, 0.1) is 23.7 Å². The minimum Gasteiger partial charge on any atom is -0.310 e. The summed E-state index contributed by atoms with van der Waals surface area (Å²) in [5.41, 5.74) is 17.2. The van der Waals surface area contributed by atoms with Gasteiger partial charge in [0.2, 0.25) is 0 Å². The molecule has 0 aliphatic heterocycles. The van der Waals surface area contributed by atoms with Crippen LogP contribution in [0.15, 0.2) is 200 Å². The molecule has 0 atom stereocenters. The van der Waals surface area contributed by atoms with E-state index < -0.39 is 0 Å². The quantitative estimate of drug-likeness (QED) is 0.152. The maximum Gasteiger partial charge on any atom is 0.0543 e. The molecule has 0 saturated heterocycles. The topological polar surface area (TPSA) is 3.24 Å². The second-order valence-corrected chi connectivity index (χ2v) is 18.5. The average Bonchev–Trinajstić information content (AvgIpc) is 3.60. The molecular formula is C60H47N. The molecule has 0 heterocycles. The van der Waals surface area contributed by atoms with E-state index in [1.165, 1.54) is 104 Å². The van der Waals surface area contributed by atoms with E-state index >= 15 is 0 Å². The van der Waals surface area contributed by atoms with Gasteiger partial charge < -0.3 is 4.90 Å². The van der Waals surface area contributed by atoms with Crippen molar-refractivity contribution in [2.45, 2.75) is 37.5 Å². The third-order valence-electron chi connectivity index (χ3n) is 15.4. The lowest BCUT2D eigenvalue weighted by atomic mass is 9.43. The molecule has 4 fully saturated rings. The Labute approximate surface area is 359 Å². The van der Waals surface area contributed by atoms with E-state index in [-0.39, 0.29) is 5.41 Å². The van der Waals surface area contributed by atoms with Gasteiger partial charge in [0, 0.05) is 22.4 Å². The van der Waals surface area contributed by atoms with Gasteiger partial charge in [0.1, 0.15) is 0 Å². The Morgan fingerprint density at radius 3 is 1.39 bits per heavy atom. The van der Waals surface area contributed by atoms with Crippen molar-refractivity contribution in [3.63, 3.8) is 0 Å². The molecule has 4 saturated carbocycles. The lowest BCUT2D eigenvalue weighted by Crippen LogP contribution is -2.55. The molecule has 61 heavy (non-hydrogen) atoms. The number of anilines is 3. The molecule has 0 amide bonds. The lowest BCUT2D eigenvalue weighted by molar-refractivity contribution is -0.0399. The molecule has 5 aliphatic carbocycles. The molecule has 0 aromatic heterocycles. The molecule has 0 N–H and O–H groups in total. The van der Waals surface area contributed by atoms with Crippen LogP contribution in [0.25, 0.3) is 66.1 Å². The third-order valence-corrected chi connectivity index (χ3v) is 15.4. The van der Waals surface area contributed by atoms with E-state index in [9.17, 15) is 0 Å². The van der Waals surface area contributed by atoms with Crippen LogP contribution < -0.4 is 4.90 Å². The second-order valence-electron chi connectivity index (χ2n) is 18.5. The van der Waals surface area contributed by atoms with Gasteiger partial charge in [-0.25, -0.2) is 0 Å². The Balaban J connectivity index is 1.12. The summed E-state index contributed by atoms with van der Waals surface area (Å²) in [6.07, 6.45) is 6.88. The minimum atomic E-state index is 0.0352. The monoisotopic (exact) mass is 781 g/mol. The number of nitrogens with zero attached hydrogens (tertiary/aromatic N) is 1. The van der Waals surface area contributed by atoms with Gasteiger partial charge in [0.15, 0.2) is 0 Å². The highest BCUT2D eigenvalue weighted by Crippen LogP contribution is 2.70. The maximum absolute atomic E-state index is 2.71. The highest BCUT2D eigenvalue weighted by Gasteiger charge is 2.61. The molecular weight excluding hydrogens is 735 g/mol. The van der Waals surface area contributed by atoms with Crippen molar-refractivity contribution < 1.29 is 0 Å². The van der Waals surface area contributed by atoms with E-state index in [2.05, 4.69) is 205 Å². The molecule has 1 nitrogen and oxygen atoms in total. The van der Waals surface area contributed by atoms with Crippen LogP contribution in [0.2, 0.25) is 0 Å². The van der Waals surface area contributed by atoms with Crippen molar-refractivity contribution >= 4 is 38.6 Å². The van der Waals surface area contributed by atoms with Gasteiger partial charge in [0.05, 0.1) is 5.69 Å². The third kappa shape index (κ3) is 5.33. The standard InChI is InChI=1S/C60H47N/c1-3-13-41(14-4-1)43-23-27-49(28-24-43)61(50-29-25-44(26-30-50)42-15-5-2-6-16-42)58-38-57-54(37-55(58)59-51-19-9-7-17-45(51)36-46-18-8-10-20-52(46)59)53-21-11-12-22-56(53)60(57)47-32-39-31-40(34-47)35-48(60)33-39/h1-30,36-40,47-48H,31-35H2. The average molecular weight is 782 g/mol. The van der Waals surface area contributed by atoms with E-state index in [4.69, 9.17) is 0 Å². The highest BCUT2D eigenvalue weighted by molar-refractivity contribution is 6.15. The molecule has 4 bridgehead atoms. The smallest absolute Gasteiger partial charge is 0.0543 e. The van der Waals surface area contributed by atoms with E-state index in [0.717, 1.165) is 23.2 Å². The SMILES string of the molecule is c1ccc(-c2ccc(N(c3ccc(-c4ccccc4)cc3)c3cc4c(cc3-c3c5ccccc5cc5ccccc35)-c3ccccc3C43C4CC5CC(C4)CC3C5)cc2)cc1. The minimum absolute atomic E-state index is 0.0352. The summed E-state index contributed by atoms with van der Waals surface area (Å²) in [6, 6.07) is 75.6. The number of hydrogen-bond acceptors (Lipinski definition) is 1. The fourth-order valence-corrected chi connectivity index (χ4v) is 13.2. The normalized spacial score (nSPS) is 21.8. The van der Waals surface area contributed by atoms with Crippen molar-refractivity contribution in [3.8, 4) is 44.5 Å². The van der Waals surface area contributed by atoms with Gasteiger partial charge in [-0.05, 0) is 170 Å². The van der Waals surface area contributed by atoms with Crippen molar-refractivity contribution in [1.82, 2.24) is 0 Å². The summed E-state index contributed by atoms with van der Waals surface area (Å²) in [4.78, 5) is 2.59. The Kier molecular flexibility index (Phi) is 7.86. The summed E-state index contributed by atoms with van der Waals surface area (Å²) in [5.74, 6) is 3.11. The summed E-state index contributed by atoms with van der Waals surface area (Å²) < 4.78 is 0. The van der Waals surface area contributed by atoms with Crippen molar-refractivity contribution in [2.75, 3.05) is 4.90 Å². The number of benzene rings is 9. The van der Waals surface area contributed by atoms with Gasteiger partial charge in [-0.3, -0.25) is 0 Å². The molecule has 0 unspecified atom stereocenters. The molecule has 0 radical (unpaired) electrons. The summed E-state index contributed by atoms with van der Waals surface area (Å²) >= 11 is 0. The molecule has 1 heteroatoms. The van der Waals surface area contributed by atoms with Crippen LogP contribution in [0.5, 0.6) is 0 Å². The van der Waals surface area contributed by atoms with Gasteiger partial charge in [-0.2, -0.15) is 0 Å². The Hall–Kier alpha value is -6.70. The van der Waals surface area contributed by atoms with Crippen molar-refractivity contribution in [1.29, 1.82) is 0 Å². The van der Waals surface area contributed by atoms with Gasteiger partial charge in [0.25, 0.3) is 0 Å². The van der Waals surface area contributed by atoms with Crippen molar-refractivity contribution in [3.05, 3.63) is 211 Å². The van der Waals surface area contributed by atoms with E-state index in [0.29, 0.717) is 11.8 Å². The molecule has 14 rings (SSSR count). The zero-order chi connectivity index (χ0) is 40.1. The van der Waals surface area contributed by atoms with Gasteiger partial charge in [-0.15, -0.1) is 0 Å². The number of fused-ring (bicyclic) bond motifs is 5. The molecule has 9 aromatic rings. The summed E-state index contributed by atoms with van der Waals surface area (Å²) in [7, 11) is 0. The molecule has 5 aliphatic rings.